The second-order valence-corrected chi connectivity index (χ2v) is 9.12. The first-order valence-corrected chi connectivity index (χ1v) is 11.7. The summed E-state index contributed by atoms with van der Waals surface area (Å²) in [6, 6.07) is 11.7. The molecule has 2 fully saturated rings. The maximum atomic E-state index is 13.0. The fourth-order valence-electron chi connectivity index (χ4n) is 4.99. The van der Waals surface area contributed by atoms with Crippen LogP contribution in [-0.2, 0) is 27.3 Å². The third kappa shape index (κ3) is 4.94. The smallest absolute Gasteiger partial charge is 0.338 e. The molecule has 0 unspecified atom stereocenters. The Morgan fingerprint density at radius 2 is 2.06 bits per heavy atom. The molecule has 2 aromatic rings. The summed E-state index contributed by atoms with van der Waals surface area (Å²) in [4.78, 5) is 29.2. The van der Waals surface area contributed by atoms with E-state index in [-0.39, 0.29) is 24.0 Å². The van der Waals surface area contributed by atoms with Crippen molar-refractivity contribution >= 4 is 23.9 Å². The van der Waals surface area contributed by atoms with Crippen molar-refractivity contribution in [3.63, 3.8) is 0 Å². The number of rotatable bonds is 6. The Morgan fingerprint density at radius 3 is 2.86 bits per heavy atom. The summed E-state index contributed by atoms with van der Waals surface area (Å²) in [7, 11) is 0. The number of ether oxygens (including phenoxy) is 2. The van der Waals surface area contributed by atoms with Crippen LogP contribution in [0.25, 0.3) is 0 Å². The van der Waals surface area contributed by atoms with Gasteiger partial charge in [-0.15, -0.1) is 5.10 Å². The number of carbonyl (C=O) groups is 2. The Bertz CT molecular complexity index is 1170. The van der Waals surface area contributed by atoms with Gasteiger partial charge in [0.1, 0.15) is 12.9 Å². The van der Waals surface area contributed by atoms with Crippen LogP contribution in [-0.4, -0.2) is 66.8 Å². The molecule has 0 bridgehead atoms. The number of piperazine rings is 1. The second kappa shape index (κ2) is 9.93. The molecule has 2 N–H and O–H groups in total. The van der Waals surface area contributed by atoms with E-state index in [1.807, 2.05) is 42.2 Å². The molecule has 0 spiro atoms. The minimum absolute atomic E-state index is 0.0542. The van der Waals surface area contributed by atoms with Crippen LogP contribution in [0.2, 0.25) is 0 Å². The molecular weight excluding hydrogens is 448 g/mol. The number of amides is 1. The van der Waals surface area contributed by atoms with Gasteiger partial charge in [0.25, 0.3) is 0 Å². The number of nitrogens with zero attached hydrogens (tertiary/aromatic N) is 4. The molecule has 3 aliphatic rings. The van der Waals surface area contributed by atoms with E-state index in [1.165, 1.54) is 6.34 Å². The maximum Gasteiger partial charge on any atom is 0.338 e. The van der Waals surface area contributed by atoms with Gasteiger partial charge in [-0.25, -0.2) is 4.79 Å². The van der Waals surface area contributed by atoms with Crippen molar-refractivity contribution < 1.29 is 19.1 Å². The van der Waals surface area contributed by atoms with Gasteiger partial charge in [0, 0.05) is 37.4 Å². The Morgan fingerprint density at radius 1 is 1.23 bits per heavy atom. The van der Waals surface area contributed by atoms with E-state index in [0.717, 1.165) is 41.0 Å². The normalized spacial score (nSPS) is 22.0. The second-order valence-electron chi connectivity index (χ2n) is 9.12. The van der Waals surface area contributed by atoms with Crippen LogP contribution in [0.1, 0.15) is 38.7 Å². The van der Waals surface area contributed by atoms with Gasteiger partial charge >= 0.3 is 5.97 Å². The molecule has 0 saturated carbocycles. The molecule has 35 heavy (non-hydrogen) atoms. The molecule has 0 radical (unpaired) electrons. The first kappa shape index (κ1) is 23.1. The molecule has 2 aromatic carbocycles. The SMILES string of the molecule is Cc1cc2c(cc1[C@@H]1CN3CCN(C(=O)Cc4ccc(N/C=N\N=N)cc4)C[C@H]3CO1)COC2=O. The number of fused-ring (bicyclic) bond motifs is 2. The van der Waals surface area contributed by atoms with E-state index in [1.54, 1.807) is 0 Å². The van der Waals surface area contributed by atoms with Crippen molar-refractivity contribution in [2.24, 2.45) is 10.3 Å². The number of hydrogen-bond donors (Lipinski definition) is 2. The highest BCUT2D eigenvalue weighted by atomic mass is 16.5. The molecule has 10 heteroatoms. The number of aryl methyl sites for hydroxylation is 1. The van der Waals surface area contributed by atoms with Gasteiger partial charge in [-0.2, -0.15) is 5.53 Å². The van der Waals surface area contributed by atoms with Crippen LogP contribution < -0.4 is 5.32 Å². The van der Waals surface area contributed by atoms with E-state index < -0.39 is 0 Å². The van der Waals surface area contributed by atoms with E-state index in [0.29, 0.717) is 38.3 Å². The van der Waals surface area contributed by atoms with Crippen molar-refractivity contribution in [1.29, 1.82) is 5.53 Å². The summed E-state index contributed by atoms with van der Waals surface area (Å²) in [5.74, 6) is -0.139. The fourth-order valence-corrected chi connectivity index (χ4v) is 4.99. The van der Waals surface area contributed by atoms with Crippen LogP contribution in [0, 0.1) is 12.5 Å². The van der Waals surface area contributed by atoms with Gasteiger partial charge in [0.2, 0.25) is 5.91 Å². The summed E-state index contributed by atoms with van der Waals surface area (Å²) in [6.45, 7) is 5.83. The summed E-state index contributed by atoms with van der Waals surface area (Å²) < 4.78 is 11.4. The average Bonchev–Trinajstić information content (AvgIpc) is 3.23. The zero-order chi connectivity index (χ0) is 24.4. The van der Waals surface area contributed by atoms with Crippen LogP contribution in [0.15, 0.2) is 46.7 Å². The number of benzene rings is 2. The van der Waals surface area contributed by atoms with Gasteiger partial charge in [-0.05, 0) is 47.9 Å². The number of cyclic esters (lactones) is 1. The molecule has 2 atom stereocenters. The molecule has 1 amide bonds. The first-order chi connectivity index (χ1) is 17.0. The molecule has 182 valence electrons. The number of esters is 1. The quantitative estimate of drug-likeness (QED) is 0.218. The van der Waals surface area contributed by atoms with Crippen molar-refractivity contribution in [2.45, 2.75) is 32.1 Å². The lowest BCUT2D eigenvalue weighted by molar-refractivity contribution is -0.139. The number of carbonyl (C=O) groups excluding carboxylic acids is 2. The third-order valence-electron chi connectivity index (χ3n) is 6.92. The molecule has 2 saturated heterocycles. The molecule has 5 rings (SSSR count). The van der Waals surface area contributed by atoms with Crippen molar-refractivity contribution in [3.05, 3.63) is 64.2 Å². The number of nitrogens with one attached hydrogen (secondary N) is 2. The number of hydrogen-bond acceptors (Lipinski definition) is 7. The maximum absolute atomic E-state index is 13.0. The van der Waals surface area contributed by atoms with Crippen molar-refractivity contribution in [2.75, 3.05) is 38.1 Å². The molecule has 10 nitrogen and oxygen atoms in total. The molecule has 0 aliphatic carbocycles. The molecule has 0 aromatic heterocycles. The summed E-state index contributed by atoms with van der Waals surface area (Å²) in [5, 5.41) is 9.25. The average molecular weight is 477 g/mol. The minimum Gasteiger partial charge on any atom is -0.457 e. The lowest BCUT2D eigenvalue weighted by Crippen LogP contribution is -2.59. The van der Waals surface area contributed by atoms with Gasteiger partial charge in [0.05, 0.1) is 30.7 Å². The highest BCUT2D eigenvalue weighted by Gasteiger charge is 2.36. The lowest BCUT2D eigenvalue weighted by atomic mass is 9.95. The lowest BCUT2D eigenvalue weighted by Gasteiger charge is -2.46. The Kier molecular flexibility index (Phi) is 6.56. The third-order valence-corrected chi connectivity index (χ3v) is 6.92. The summed E-state index contributed by atoms with van der Waals surface area (Å²) >= 11 is 0. The molecular formula is C25H28N6O4. The monoisotopic (exact) mass is 476 g/mol. The van der Waals surface area contributed by atoms with Crippen LogP contribution >= 0.6 is 0 Å². The van der Waals surface area contributed by atoms with Gasteiger partial charge in [-0.3, -0.25) is 9.69 Å². The molecule has 3 aliphatic heterocycles. The Labute approximate surface area is 203 Å². The largest absolute Gasteiger partial charge is 0.457 e. The van der Waals surface area contributed by atoms with E-state index >= 15 is 0 Å². The van der Waals surface area contributed by atoms with E-state index in [9.17, 15) is 9.59 Å². The van der Waals surface area contributed by atoms with Crippen LogP contribution in [0.4, 0.5) is 5.69 Å². The predicted molar refractivity (Wildman–Crippen MR) is 128 cm³/mol. The summed E-state index contributed by atoms with van der Waals surface area (Å²) in [6.07, 6.45) is 1.63. The number of morpholine rings is 1. The predicted octanol–water partition coefficient (Wildman–Crippen LogP) is 2.88. The standard InChI is InChI=1S/C25H28N6O4/c1-16-8-22-18(13-35-25(22)33)10-21(16)23-12-30-6-7-31(11-20(30)14-34-23)24(32)9-17-2-4-19(5-3-17)27-15-28-29-26/h2-5,8,10,15,20,23H,6-7,9,11-14H2,1H3,(H2,26,27,28)/t20-,23-/m0/s1. The first-order valence-electron chi connectivity index (χ1n) is 11.7. The summed E-state index contributed by atoms with van der Waals surface area (Å²) in [5.41, 5.74) is 12.1. The van der Waals surface area contributed by atoms with Crippen LogP contribution in [0.3, 0.4) is 0 Å². The van der Waals surface area contributed by atoms with E-state index in [2.05, 4.69) is 26.6 Å². The Balaban J connectivity index is 1.16. The van der Waals surface area contributed by atoms with Crippen molar-refractivity contribution in [1.82, 2.24) is 9.80 Å². The zero-order valence-electron chi connectivity index (χ0n) is 19.6. The topological polar surface area (TPSA) is 120 Å². The van der Waals surface area contributed by atoms with Gasteiger partial charge in [-0.1, -0.05) is 17.4 Å². The van der Waals surface area contributed by atoms with Gasteiger partial charge in [0.15, 0.2) is 0 Å². The Hall–Kier alpha value is -3.63. The zero-order valence-corrected chi connectivity index (χ0v) is 19.6. The van der Waals surface area contributed by atoms with Gasteiger partial charge < -0.3 is 19.7 Å². The van der Waals surface area contributed by atoms with Crippen molar-refractivity contribution in [3.8, 4) is 0 Å². The number of anilines is 1. The highest BCUT2D eigenvalue weighted by Crippen LogP contribution is 2.32. The minimum atomic E-state index is -0.251. The van der Waals surface area contributed by atoms with E-state index in [4.69, 9.17) is 15.0 Å². The fraction of sp³-hybridized carbons (Fsp3) is 0.400. The highest BCUT2D eigenvalue weighted by molar-refractivity contribution is 5.93. The molecule has 3 heterocycles. The van der Waals surface area contributed by atoms with Crippen LogP contribution in [0.5, 0.6) is 0 Å².